The lowest BCUT2D eigenvalue weighted by Gasteiger charge is -2.35. The molecule has 1 aromatic carbocycles. The van der Waals surface area contributed by atoms with Gasteiger partial charge in [0, 0.05) is 32.2 Å². The summed E-state index contributed by atoms with van der Waals surface area (Å²) in [5.74, 6) is 0. The molecular formula is C13H18ClN3O2. The molecule has 0 amide bonds. The Hall–Kier alpha value is -1.33. The first-order valence-corrected chi connectivity index (χ1v) is 6.91. The van der Waals surface area contributed by atoms with E-state index in [-0.39, 0.29) is 10.6 Å². The molecule has 0 N–H and O–H groups in total. The van der Waals surface area contributed by atoms with Gasteiger partial charge < -0.3 is 4.90 Å². The number of hydrogen-bond donors (Lipinski definition) is 0. The normalized spacial score (nSPS) is 16.6. The van der Waals surface area contributed by atoms with Crippen molar-refractivity contribution in [2.24, 2.45) is 0 Å². The summed E-state index contributed by atoms with van der Waals surface area (Å²) in [6, 6.07) is 4.85. The largest absolute Gasteiger partial charge is 0.362 e. The molecule has 0 atom stereocenters. The molecule has 5 nitrogen and oxygen atoms in total. The third-order valence-corrected chi connectivity index (χ3v) is 3.70. The van der Waals surface area contributed by atoms with Gasteiger partial charge in [0.05, 0.1) is 9.95 Å². The van der Waals surface area contributed by atoms with E-state index in [9.17, 15) is 10.1 Å². The van der Waals surface area contributed by atoms with Crippen LogP contribution in [0, 0.1) is 10.1 Å². The molecule has 1 aliphatic heterocycles. The zero-order valence-corrected chi connectivity index (χ0v) is 11.8. The Balaban J connectivity index is 2.17. The van der Waals surface area contributed by atoms with E-state index < -0.39 is 0 Å². The Morgan fingerprint density at radius 3 is 2.58 bits per heavy atom. The van der Waals surface area contributed by atoms with Crippen molar-refractivity contribution in [1.82, 2.24) is 4.90 Å². The van der Waals surface area contributed by atoms with Crippen molar-refractivity contribution in [3.63, 3.8) is 0 Å². The molecule has 1 heterocycles. The van der Waals surface area contributed by atoms with Crippen LogP contribution >= 0.6 is 11.6 Å². The number of hydrogen-bond acceptors (Lipinski definition) is 4. The molecule has 1 aliphatic rings. The molecule has 2 rings (SSSR count). The molecule has 1 saturated heterocycles. The summed E-state index contributed by atoms with van der Waals surface area (Å²) in [7, 11) is 0. The van der Waals surface area contributed by atoms with Gasteiger partial charge in [-0.15, -0.1) is 0 Å². The van der Waals surface area contributed by atoms with E-state index in [4.69, 9.17) is 11.6 Å². The quantitative estimate of drug-likeness (QED) is 0.630. The van der Waals surface area contributed by atoms with Crippen molar-refractivity contribution in [1.29, 1.82) is 0 Å². The molecule has 0 spiro atoms. The predicted molar refractivity (Wildman–Crippen MR) is 77.1 cm³/mol. The Labute approximate surface area is 117 Å². The van der Waals surface area contributed by atoms with Crippen LogP contribution in [0.2, 0.25) is 5.02 Å². The molecule has 1 aromatic rings. The average Bonchev–Trinajstić information content (AvgIpc) is 2.40. The topological polar surface area (TPSA) is 49.6 Å². The third-order valence-electron chi connectivity index (χ3n) is 3.39. The van der Waals surface area contributed by atoms with Crippen LogP contribution in [0.3, 0.4) is 0 Å². The number of benzene rings is 1. The van der Waals surface area contributed by atoms with Crippen LogP contribution in [0.5, 0.6) is 0 Å². The molecule has 0 radical (unpaired) electrons. The second-order valence-corrected chi connectivity index (χ2v) is 5.10. The van der Waals surface area contributed by atoms with Crippen molar-refractivity contribution < 1.29 is 4.92 Å². The lowest BCUT2D eigenvalue weighted by Crippen LogP contribution is -2.46. The summed E-state index contributed by atoms with van der Waals surface area (Å²) in [4.78, 5) is 15.1. The number of nitro benzene ring substituents is 1. The first-order valence-electron chi connectivity index (χ1n) is 6.53. The molecule has 0 aromatic heterocycles. The van der Waals surface area contributed by atoms with Gasteiger partial charge in [0.25, 0.3) is 5.69 Å². The van der Waals surface area contributed by atoms with Crippen molar-refractivity contribution in [2.45, 2.75) is 13.3 Å². The van der Waals surface area contributed by atoms with E-state index in [2.05, 4.69) is 11.8 Å². The minimum atomic E-state index is -0.361. The van der Waals surface area contributed by atoms with Crippen LogP contribution in [0.15, 0.2) is 18.2 Å². The molecule has 0 unspecified atom stereocenters. The number of halogens is 1. The van der Waals surface area contributed by atoms with Gasteiger partial charge in [0.2, 0.25) is 0 Å². The van der Waals surface area contributed by atoms with Crippen molar-refractivity contribution in [3.05, 3.63) is 33.3 Å². The second-order valence-electron chi connectivity index (χ2n) is 4.69. The highest BCUT2D eigenvalue weighted by Gasteiger charge is 2.25. The van der Waals surface area contributed by atoms with Gasteiger partial charge in [0.15, 0.2) is 0 Å². The van der Waals surface area contributed by atoms with Gasteiger partial charge >= 0.3 is 0 Å². The van der Waals surface area contributed by atoms with Gasteiger partial charge in [-0.2, -0.15) is 0 Å². The van der Waals surface area contributed by atoms with Crippen LogP contribution in [0.25, 0.3) is 0 Å². The summed E-state index contributed by atoms with van der Waals surface area (Å²) >= 11 is 6.14. The number of nitro groups is 1. The molecule has 0 aliphatic carbocycles. The van der Waals surface area contributed by atoms with Crippen LogP contribution < -0.4 is 4.90 Å². The maximum Gasteiger partial charge on any atom is 0.294 e. The fraction of sp³-hybridized carbons (Fsp3) is 0.538. The minimum absolute atomic E-state index is 0.0939. The molecule has 104 valence electrons. The summed E-state index contributed by atoms with van der Waals surface area (Å²) < 4.78 is 0. The number of nitrogens with zero attached hydrogens (tertiary/aromatic N) is 3. The van der Waals surface area contributed by atoms with E-state index in [1.54, 1.807) is 12.1 Å². The predicted octanol–water partition coefficient (Wildman–Crippen LogP) is 2.78. The van der Waals surface area contributed by atoms with Crippen molar-refractivity contribution >= 4 is 23.0 Å². The van der Waals surface area contributed by atoms with E-state index in [0.29, 0.717) is 10.7 Å². The Morgan fingerprint density at radius 1 is 1.32 bits per heavy atom. The number of para-hydroxylation sites is 1. The van der Waals surface area contributed by atoms with Crippen LogP contribution in [0.4, 0.5) is 11.4 Å². The van der Waals surface area contributed by atoms with Gasteiger partial charge in [0.1, 0.15) is 5.69 Å². The number of rotatable bonds is 4. The fourth-order valence-corrected chi connectivity index (χ4v) is 2.76. The van der Waals surface area contributed by atoms with E-state index in [1.807, 2.05) is 4.90 Å². The fourth-order valence-electron chi connectivity index (χ4n) is 2.48. The minimum Gasteiger partial charge on any atom is -0.362 e. The summed E-state index contributed by atoms with van der Waals surface area (Å²) in [6.07, 6.45) is 1.13. The van der Waals surface area contributed by atoms with Crippen LogP contribution in [-0.2, 0) is 0 Å². The van der Waals surface area contributed by atoms with Gasteiger partial charge in [-0.25, -0.2) is 0 Å². The Kier molecular flexibility index (Phi) is 4.61. The zero-order valence-electron chi connectivity index (χ0n) is 11.0. The summed E-state index contributed by atoms with van der Waals surface area (Å²) in [6.45, 7) is 6.66. The van der Waals surface area contributed by atoms with Gasteiger partial charge in [-0.05, 0) is 19.0 Å². The average molecular weight is 284 g/mol. The second kappa shape index (κ2) is 6.21. The Bertz CT molecular complexity index is 459. The lowest BCUT2D eigenvalue weighted by atomic mass is 10.2. The molecule has 1 fully saturated rings. The highest BCUT2D eigenvalue weighted by molar-refractivity contribution is 6.33. The summed E-state index contributed by atoms with van der Waals surface area (Å²) in [5, 5.41) is 11.5. The monoisotopic (exact) mass is 283 g/mol. The highest BCUT2D eigenvalue weighted by Crippen LogP contribution is 2.35. The first kappa shape index (κ1) is 14.1. The maximum atomic E-state index is 11.1. The molecule has 0 saturated carbocycles. The molecule has 0 bridgehead atoms. The molecular weight excluding hydrogens is 266 g/mol. The lowest BCUT2D eigenvalue weighted by molar-refractivity contribution is -0.384. The maximum absolute atomic E-state index is 11.1. The summed E-state index contributed by atoms with van der Waals surface area (Å²) in [5.41, 5.74) is 0.654. The van der Waals surface area contributed by atoms with Gasteiger partial charge in [-0.3, -0.25) is 15.0 Å². The van der Waals surface area contributed by atoms with Crippen molar-refractivity contribution in [2.75, 3.05) is 37.6 Å². The highest BCUT2D eigenvalue weighted by atomic mass is 35.5. The third kappa shape index (κ3) is 3.16. The van der Waals surface area contributed by atoms with E-state index >= 15 is 0 Å². The SMILES string of the molecule is CCCN1CCN(c2c(Cl)cccc2[N+](=O)[O-])CC1. The number of anilines is 1. The number of piperazine rings is 1. The van der Waals surface area contributed by atoms with Crippen molar-refractivity contribution in [3.8, 4) is 0 Å². The standard InChI is InChI=1S/C13H18ClN3O2/c1-2-6-15-7-9-16(10-8-15)13-11(14)4-3-5-12(13)17(18)19/h3-5H,2,6-10H2,1H3. The first-order chi connectivity index (χ1) is 9.13. The van der Waals surface area contributed by atoms with Crippen LogP contribution in [-0.4, -0.2) is 42.5 Å². The van der Waals surface area contributed by atoms with E-state index in [1.165, 1.54) is 6.07 Å². The zero-order chi connectivity index (χ0) is 13.8. The van der Waals surface area contributed by atoms with E-state index in [0.717, 1.165) is 39.1 Å². The smallest absolute Gasteiger partial charge is 0.294 e. The Morgan fingerprint density at radius 2 is 2.00 bits per heavy atom. The molecule has 6 heteroatoms. The molecule has 19 heavy (non-hydrogen) atoms. The van der Waals surface area contributed by atoms with Gasteiger partial charge in [-0.1, -0.05) is 24.6 Å². The van der Waals surface area contributed by atoms with Crippen LogP contribution in [0.1, 0.15) is 13.3 Å².